The maximum atomic E-state index is 14.5. The van der Waals surface area contributed by atoms with Crippen LogP contribution in [-0.2, 0) is 10.3 Å². The molecule has 23 heavy (non-hydrogen) atoms. The van der Waals surface area contributed by atoms with E-state index in [0.717, 1.165) is 6.42 Å². The highest BCUT2D eigenvalue weighted by Crippen LogP contribution is 2.49. The molecule has 0 bridgehead atoms. The number of hydrogen-bond donors (Lipinski definition) is 3. The number of nitrogens with two attached hydrogens (primary N) is 1. The van der Waals surface area contributed by atoms with E-state index in [0.29, 0.717) is 17.0 Å². The van der Waals surface area contributed by atoms with Gasteiger partial charge in [-0.05, 0) is 24.6 Å². The zero-order chi connectivity index (χ0) is 16.6. The van der Waals surface area contributed by atoms with Crippen LogP contribution in [0.1, 0.15) is 18.9 Å². The molecule has 0 aliphatic carbocycles. The van der Waals surface area contributed by atoms with Crippen LogP contribution in [0.25, 0.3) is 0 Å². The van der Waals surface area contributed by atoms with E-state index in [4.69, 9.17) is 15.6 Å². The van der Waals surface area contributed by atoms with Crippen LogP contribution < -0.4 is 11.1 Å². The van der Waals surface area contributed by atoms with Crippen LogP contribution in [0.4, 0.5) is 14.9 Å². The minimum Gasteiger partial charge on any atom is -0.465 e. The topological polar surface area (TPSA) is 96.9 Å². The molecule has 1 aromatic rings. The number of aliphatic imine (C=N–C) groups is 1. The van der Waals surface area contributed by atoms with Crippen LogP contribution >= 0.6 is 11.8 Å². The van der Waals surface area contributed by atoms with E-state index in [2.05, 4.69) is 10.3 Å². The molecule has 0 radical (unpaired) electrons. The lowest BCUT2D eigenvalue weighted by molar-refractivity contribution is 0.0904. The van der Waals surface area contributed by atoms with E-state index in [9.17, 15) is 9.18 Å². The molecule has 1 aromatic carbocycles. The Morgan fingerprint density at radius 1 is 1.65 bits per heavy atom. The van der Waals surface area contributed by atoms with Gasteiger partial charge in [-0.1, -0.05) is 18.7 Å². The van der Waals surface area contributed by atoms with E-state index >= 15 is 0 Å². The molecule has 124 valence electrons. The summed E-state index contributed by atoms with van der Waals surface area (Å²) in [5.41, 5.74) is 5.69. The van der Waals surface area contributed by atoms with Crippen molar-refractivity contribution in [2.75, 3.05) is 18.1 Å². The third-order valence-electron chi connectivity index (χ3n) is 4.35. The van der Waals surface area contributed by atoms with E-state index in [1.807, 2.05) is 6.92 Å². The first-order valence-electron chi connectivity index (χ1n) is 7.36. The number of amidine groups is 1. The summed E-state index contributed by atoms with van der Waals surface area (Å²) in [7, 11) is 0. The van der Waals surface area contributed by atoms with Gasteiger partial charge in [0.15, 0.2) is 5.17 Å². The minimum absolute atomic E-state index is 0.0341. The second kappa shape index (κ2) is 6.01. The van der Waals surface area contributed by atoms with Crippen LogP contribution in [0.2, 0.25) is 0 Å². The van der Waals surface area contributed by atoms with Gasteiger partial charge in [0.05, 0.1) is 12.7 Å². The quantitative estimate of drug-likeness (QED) is 0.719. The van der Waals surface area contributed by atoms with Crippen molar-refractivity contribution in [3.8, 4) is 0 Å². The monoisotopic (exact) mass is 339 g/mol. The predicted molar refractivity (Wildman–Crippen MR) is 87.1 cm³/mol. The number of anilines is 1. The summed E-state index contributed by atoms with van der Waals surface area (Å²) in [6, 6.07) is 4.38. The molecule has 2 heterocycles. The summed E-state index contributed by atoms with van der Waals surface area (Å²) in [5, 5.41) is 11.5. The summed E-state index contributed by atoms with van der Waals surface area (Å²) < 4.78 is 20.3. The lowest BCUT2D eigenvalue weighted by Gasteiger charge is -2.36. The van der Waals surface area contributed by atoms with Gasteiger partial charge < -0.3 is 15.6 Å². The number of carboxylic acid groups (broad SMARTS) is 1. The fraction of sp³-hybridized carbons (Fsp3) is 0.467. The van der Waals surface area contributed by atoms with Gasteiger partial charge in [0.1, 0.15) is 11.4 Å². The lowest BCUT2D eigenvalue weighted by Crippen LogP contribution is -2.44. The van der Waals surface area contributed by atoms with Gasteiger partial charge in [-0.25, -0.2) is 14.2 Å². The second-order valence-electron chi connectivity index (χ2n) is 5.69. The Kier molecular flexibility index (Phi) is 4.20. The molecule has 3 atom stereocenters. The first-order chi connectivity index (χ1) is 11.0. The van der Waals surface area contributed by atoms with Crippen LogP contribution in [0.5, 0.6) is 0 Å². The number of amides is 1. The van der Waals surface area contributed by atoms with Crippen LogP contribution in [0, 0.1) is 11.7 Å². The fourth-order valence-electron chi connectivity index (χ4n) is 3.28. The average Bonchev–Trinajstić information content (AvgIpc) is 2.88. The molecule has 3 rings (SSSR count). The zero-order valence-electron chi connectivity index (χ0n) is 12.6. The molecule has 1 saturated heterocycles. The van der Waals surface area contributed by atoms with Crippen molar-refractivity contribution in [1.82, 2.24) is 5.32 Å². The van der Waals surface area contributed by atoms with Gasteiger partial charge in [0.25, 0.3) is 0 Å². The summed E-state index contributed by atoms with van der Waals surface area (Å²) in [5.74, 6) is 0.161. The number of ether oxygens (including phenoxy) is 1. The number of hydrogen-bond acceptors (Lipinski definition) is 5. The molecule has 4 N–H and O–H groups in total. The zero-order valence-corrected chi connectivity index (χ0v) is 13.4. The molecule has 8 heteroatoms. The SMILES string of the molecule is CC[C@H]1OC[C@]2(c3cc(N)ccc3F)N=C(NC(=O)O)SC[C@H]12. The Hall–Kier alpha value is -1.80. The maximum Gasteiger partial charge on any atom is 0.410 e. The normalized spacial score (nSPS) is 29.7. The first kappa shape index (κ1) is 16.1. The van der Waals surface area contributed by atoms with Crippen LogP contribution in [0.3, 0.4) is 0 Å². The van der Waals surface area contributed by atoms with Crippen molar-refractivity contribution in [2.24, 2.45) is 10.9 Å². The van der Waals surface area contributed by atoms with Crippen molar-refractivity contribution in [3.05, 3.63) is 29.6 Å². The van der Waals surface area contributed by atoms with Crippen molar-refractivity contribution in [3.63, 3.8) is 0 Å². The third kappa shape index (κ3) is 2.76. The molecule has 2 aliphatic rings. The highest BCUT2D eigenvalue weighted by molar-refractivity contribution is 8.13. The van der Waals surface area contributed by atoms with Crippen molar-refractivity contribution in [2.45, 2.75) is 25.0 Å². The standard InChI is InChI=1S/C15H18FN3O3S/c1-2-12-10-6-23-13(18-14(20)21)19-15(10,7-22-12)9-5-8(17)3-4-11(9)16/h3-5,10,12H,2,6-7,17H2,1H3,(H,18,19)(H,20,21)/t10-,12-,15-/m1/s1. The van der Waals surface area contributed by atoms with E-state index < -0.39 is 17.4 Å². The van der Waals surface area contributed by atoms with Gasteiger partial charge in [-0.2, -0.15) is 0 Å². The molecule has 2 aliphatic heterocycles. The summed E-state index contributed by atoms with van der Waals surface area (Å²) in [6.07, 6.45) is -0.448. The number of nitrogen functional groups attached to an aromatic ring is 1. The Balaban J connectivity index is 2.11. The number of carbonyl (C=O) groups is 1. The third-order valence-corrected chi connectivity index (χ3v) is 5.35. The Labute approximate surface area is 137 Å². The Morgan fingerprint density at radius 3 is 3.13 bits per heavy atom. The van der Waals surface area contributed by atoms with Gasteiger partial charge in [0.2, 0.25) is 0 Å². The molecule has 0 saturated carbocycles. The van der Waals surface area contributed by atoms with Gasteiger partial charge in [-0.3, -0.25) is 5.32 Å². The van der Waals surface area contributed by atoms with Crippen LogP contribution in [-0.4, -0.2) is 34.8 Å². The first-order valence-corrected chi connectivity index (χ1v) is 8.34. The van der Waals surface area contributed by atoms with Crippen molar-refractivity contribution < 1.29 is 19.0 Å². The number of halogens is 1. The molecule has 6 nitrogen and oxygen atoms in total. The summed E-state index contributed by atoms with van der Waals surface area (Å²) in [6.45, 7) is 2.22. The molecule has 1 fully saturated rings. The number of thioether (sulfide) groups is 1. The predicted octanol–water partition coefficient (Wildman–Crippen LogP) is 2.40. The fourth-order valence-corrected chi connectivity index (χ4v) is 4.49. The summed E-state index contributed by atoms with van der Waals surface area (Å²) >= 11 is 1.31. The van der Waals surface area contributed by atoms with Gasteiger partial charge >= 0.3 is 6.09 Å². The van der Waals surface area contributed by atoms with Crippen LogP contribution in [0.15, 0.2) is 23.2 Å². The van der Waals surface area contributed by atoms with E-state index in [1.54, 1.807) is 6.07 Å². The number of rotatable bonds is 2. The Morgan fingerprint density at radius 2 is 2.43 bits per heavy atom. The molecular formula is C15H18FN3O3S. The molecule has 0 aromatic heterocycles. The van der Waals surface area contributed by atoms with Gasteiger partial charge in [0, 0.05) is 22.9 Å². The summed E-state index contributed by atoms with van der Waals surface area (Å²) in [4.78, 5) is 15.5. The highest BCUT2D eigenvalue weighted by Gasteiger charge is 2.53. The highest BCUT2D eigenvalue weighted by atomic mass is 32.2. The molecule has 0 spiro atoms. The van der Waals surface area contributed by atoms with E-state index in [-0.39, 0.29) is 23.8 Å². The van der Waals surface area contributed by atoms with E-state index in [1.165, 1.54) is 23.9 Å². The average molecular weight is 339 g/mol. The largest absolute Gasteiger partial charge is 0.465 e. The smallest absolute Gasteiger partial charge is 0.410 e. The Bertz CT molecular complexity index is 669. The second-order valence-corrected chi connectivity index (χ2v) is 6.69. The van der Waals surface area contributed by atoms with Crippen molar-refractivity contribution in [1.29, 1.82) is 0 Å². The molecule has 1 amide bonds. The van der Waals surface area contributed by atoms with Crippen molar-refractivity contribution >= 4 is 28.7 Å². The number of nitrogens with one attached hydrogen (secondary N) is 1. The molecule has 0 unspecified atom stereocenters. The minimum atomic E-state index is -1.19. The lowest BCUT2D eigenvalue weighted by atomic mass is 9.78. The maximum absolute atomic E-state index is 14.5. The molecular weight excluding hydrogens is 321 g/mol. The van der Waals surface area contributed by atoms with Gasteiger partial charge in [-0.15, -0.1) is 0 Å². The number of nitrogens with zero attached hydrogens (tertiary/aromatic N) is 1. The number of fused-ring (bicyclic) bond motifs is 1. The number of benzene rings is 1.